The number of rotatable bonds is 2. The highest BCUT2D eigenvalue weighted by Gasteiger charge is 2.41. The number of carboxylic acids is 1. The summed E-state index contributed by atoms with van der Waals surface area (Å²) in [4.78, 5) is 13.1. The predicted molar refractivity (Wildman–Crippen MR) is 41.1 cm³/mol. The first-order valence-electron chi connectivity index (χ1n) is 3.93. The van der Waals surface area contributed by atoms with E-state index in [9.17, 15) is 31.1 Å². The van der Waals surface area contributed by atoms with Gasteiger partial charge in [-0.1, -0.05) is 0 Å². The molecule has 0 fully saturated rings. The van der Waals surface area contributed by atoms with Gasteiger partial charge in [0.15, 0.2) is 5.69 Å². The van der Waals surface area contributed by atoms with Crippen molar-refractivity contribution < 1.29 is 36.2 Å². The Bertz CT molecular complexity index is 456. The van der Waals surface area contributed by atoms with Gasteiger partial charge in [-0.2, -0.15) is 13.2 Å². The summed E-state index contributed by atoms with van der Waals surface area (Å²) >= 11 is 0. The fourth-order valence-corrected chi connectivity index (χ4v) is 1.08. The van der Waals surface area contributed by atoms with Crippen LogP contribution in [0.25, 0.3) is 0 Å². The molecule has 1 aromatic rings. The molecule has 0 aliphatic rings. The summed E-state index contributed by atoms with van der Waals surface area (Å²) in [5.41, 5.74) is -5.55. The van der Waals surface area contributed by atoms with Crippen molar-refractivity contribution in [1.82, 2.24) is 4.98 Å². The van der Waals surface area contributed by atoms with Crippen LogP contribution in [0.3, 0.4) is 0 Å². The Morgan fingerprint density at radius 2 is 1.88 bits per heavy atom. The molecule has 0 atom stereocenters. The van der Waals surface area contributed by atoms with E-state index in [0.29, 0.717) is 0 Å². The van der Waals surface area contributed by atoms with Gasteiger partial charge in [-0.05, 0) is 0 Å². The van der Waals surface area contributed by atoms with Crippen molar-refractivity contribution in [3.8, 4) is 0 Å². The summed E-state index contributed by atoms with van der Waals surface area (Å²) in [5.74, 6) is -4.48. The molecule has 1 aromatic heterocycles. The van der Waals surface area contributed by atoms with Crippen LogP contribution in [0.15, 0.2) is 6.20 Å². The summed E-state index contributed by atoms with van der Waals surface area (Å²) in [7, 11) is 0. The molecular formula is C8H3F6NO2. The smallest absolute Gasteiger partial charge is 0.421 e. The molecule has 0 aromatic carbocycles. The monoisotopic (exact) mass is 259 g/mol. The van der Waals surface area contributed by atoms with E-state index in [4.69, 9.17) is 5.11 Å². The molecular weight excluding hydrogens is 256 g/mol. The van der Waals surface area contributed by atoms with Crippen molar-refractivity contribution in [2.75, 3.05) is 0 Å². The maximum Gasteiger partial charge on any atom is 0.421 e. The van der Waals surface area contributed by atoms with Crippen LogP contribution in [0, 0.1) is 5.82 Å². The van der Waals surface area contributed by atoms with E-state index in [1.807, 2.05) is 0 Å². The number of aromatic nitrogens is 1. The van der Waals surface area contributed by atoms with Gasteiger partial charge in [-0.3, -0.25) is 0 Å². The number of pyridine rings is 1. The highest BCUT2D eigenvalue weighted by atomic mass is 19.4. The Labute approximate surface area is 89.7 Å². The van der Waals surface area contributed by atoms with Crippen LogP contribution in [0.1, 0.15) is 28.0 Å². The number of hydrogen-bond acceptors (Lipinski definition) is 2. The molecule has 9 heteroatoms. The third-order valence-corrected chi connectivity index (χ3v) is 1.76. The second kappa shape index (κ2) is 4.22. The lowest BCUT2D eigenvalue weighted by atomic mass is 10.1. The fourth-order valence-electron chi connectivity index (χ4n) is 1.08. The third kappa shape index (κ3) is 2.48. The van der Waals surface area contributed by atoms with Crippen molar-refractivity contribution in [2.45, 2.75) is 12.6 Å². The SMILES string of the molecule is O=C(O)c1ncc(C(F)F)c(F)c1C(F)(F)F. The minimum atomic E-state index is -5.42. The average Bonchev–Trinajstić information content (AvgIpc) is 2.14. The van der Waals surface area contributed by atoms with Crippen LogP contribution in [-0.4, -0.2) is 16.1 Å². The quantitative estimate of drug-likeness (QED) is 0.831. The van der Waals surface area contributed by atoms with Crippen molar-refractivity contribution in [2.24, 2.45) is 0 Å². The molecule has 0 amide bonds. The normalized spacial score (nSPS) is 11.9. The minimum absolute atomic E-state index is 0.0681. The third-order valence-electron chi connectivity index (χ3n) is 1.76. The van der Waals surface area contributed by atoms with Gasteiger partial charge in [0.1, 0.15) is 11.4 Å². The molecule has 0 bridgehead atoms. The second-order valence-corrected chi connectivity index (χ2v) is 2.85. The number of nitrogens with zero attached hydrogens (tertiary/aromatic N) is 1. The Morgan fingerprint density at radius 1 is 1.35 bits per heavy atom. The van der Waals surface area contributed by atoms with E-state index in [2.05, 4.69) is 4.98 Å². The molecule has 0 radical (unpaired) electrons. The maximum absolute atomic E-state index is 13.1. The van der Waals surface area contributed by atoms with Gasteiger partial charge in [0, 0.05) is 6.20 Å². The summed E-state index contributed by atoms with van der Waals surface area (Å²) in [6.45, 7) is 0. The molecule has 0 aliphatic heterocycles. The molecule has 1 heterocycles. The number of hydrogen-bond donors (Lipinski definition) is 1. The van der Waals surface area contributed by atoms with Crippen LogP contribution in [0.5, 0.6) is 0 Å². The van der Waals surface area contributed by atoms with Crippen LogP contribution >= 0.6 is 0 Å². The average molecular weight is 259 g/mol. The number of halogens is 6. The summed E-state index contributed by atoms with van der Waals surface area (Å²) in [6.07, 6.45) is -8.87. The van der Waals surface area contributed by atoms with E-state index in [-0.39, 0.29) is 6.20 Å². The largest absolute Gasteiger partial charge is 0.476 e. The molecule has 17 heavy (non-hydrogen) atoms. The number of carboxylic acid groups (broad SMARTS) is 1. The number of carbonyl (C=O) groups is 1. The van der Waals surface area contributed by atoms with Crippen LogP contribution in [0.4, 0.5) is 26.3 Å². The minimum Gasteiger partial charge on any atom is -0.476 e. The van der Waals surface area contributed by atoms with Crippen molar-refractivity contribution in [3.05, 3.63) is 28.8 Å². The second-order valence-electron chi connectivity index (χ2n) is 2.85. The Morgan fingerprint density at radius 3 is 2.24 bits per heavy atom. The van der Waals surface area contributed by atoms with Gasteiger partial charge >= 0.3 is 12.1 Å². The maximum atomic E-state index is 13.1. The van der Waals surface area contributed by atoms with E-state index in [0.717, 1.165) is 0 Å². The van der Waals surface area contributed by atoms with E-state index >= 15 is 0 Å². The molecule has 0 saturated heterocycles. The first-order chi connectivity index (χ1) is 7.66. The topological polar surface area (TPSA) is 50.2 Å². The predicted octanol–water partition coefficient (Wildman–Crippen LogP) is 2.88. The van der Waals surface area contributed by atoms with Gasteiger partial charge in [0.2, 0.25) is 0 Å². The van der Waals surface area contributed by atoms with E-state index < -0.39 is 41.2 Å². The fraction of sp³-hybridized carbons (Fsp3) is 0.250. The molecule has 0 unspecified atom stereocenters. The summed E-state index contributed by atoms with van der Waals surface area (Å²) < 4.78 is 74.4. The lowest BCUT2D eigenvalue weighted by Gasteiger charge is -2.12. The summed E-state index contributed by atoms with van der Waals surface area (Å²) in [5, 5.41) is 8.37. The molecule has 94 valence electrons. The van der Waals surface area contributed by atoms with E-state index in [1.54, 1.807) is 0 Å². The zero-order valence-electron chi connectivity index (χ0n) is 7.73. The van der Waals surface area contributed by atoms with Crippen LogP contribution in [0.2, 0.25) is 0 Å². The lowest BCUT2D eigenvalue weighted by Crippen LogP contribution is -2.19. The Balaban J connectivity index is 3.60. The van der Waals surface area contributed by atoms with Gasteiger partial charge < -0.3 is 5.11 Å². The molecule has 0 spiro atoms. The zero-order chi connectivity index (χ0) is 13.4. The van der Waals surface area contributed by atoms with Crippen molar-refractivity contribution >= 4 is 5.97 Å². The van der Waals surface area contributed by atoms with Gasteiger partial charge in [-0.25, -0.2) is 22.9 Å². The Hall–Kier alpha value is -1.80. The Kier molecular flexibility index (Phi) is 3.30. The zero-order valence-corrected chi connectivity index (χ0v) is 7.73. The molecule has 0 aliphatic carbocycles. The van der Waals surface area contributed by atoms with Crippen molar-refractivity contribution in [1.29, 1.82) is 0 Å². The first-order valence-corrected chi connectivity index (χ1v) is 3.93. The molecule has 3 nitrogen and oxygen atoms in total. The van der Waals surface area contributed by atoms with Gasteiger partial charge in [0.25, 0.3) is 6.43 Å². The van der Waals surface area contributed by atoms with Gasteiger partial charge in [-0.15, -0.1) is 0 Å². The van der Waals surface area contributed by atoms with Gasteiger partial charge in [0.05, 0.1) is 5.56 Å². The summed E-state index contributed by atoms with van der Waals surface area (Å²) in [6, 6.07) is 0. The van der Waals surface area contributed by atoms with Crippen LogP contribution in [-0.2, 0) is 6.18 Å². The lowest BCUT2D eigenvalue weighted by molar-refractivity contribution is -0.141. The van der Waals surface area contributed by atoms with Crippen LogP contribution < -0.4 is 0 Å². The molecule has 1 N–H and O–H groups in total. The number of alkyl halides is 5. The highest BCUT2D eigenvalue weighted by Crippen LogP contribution is 2.36. The highest BCUT2D eigenvalue weighted by molar-refractivity contribution is 5.87. The standard InChI is InChI=1S/C8H3F6NO2/c9-4-2(6(10)11)1-15-5(7(16)17)3(4)8(12,13)14/h1,6H,(H,16,17). The van der Waals surface area contributed by atoms with Crippen molar-refractivity contribution in [3.63, 3.8) is 0 Å². The first kappa shape index (κ1) is 13.3. The molecule has 0 saturated carbocycles. The molecule has 1 rings (SSSR count). The van der Waals surface area contributed by atoms with E-state index in [1.165, 1.54) is 0 Å². The number of aromatic carboxylic acids is 1.